The summed E-state index contributed by atoms with van der Waals surface area (Å²) in [5.41, 5.74) is 1.25. The molecule has 0 aliphatic carbocycles. The number of ether oxygens (including phenoxy) is 4. The van der Waals surface area contributed by atoms with Gasteiger partial charge in [-0.15, -0.1) is 0 Å². The molecule has 8 nitrogen and oxygen atoms in total. The molecule has 8 heteroatoms. The smallest absolute Gasteiger partial charge is 0.338 e. The minimum Gasteiger partial charge on any atom is -0.494 e. The first-order valence-electron chi connectivity index (χ1n) is 8.99. The molecule has 0 saturated heterocycles. The first kappa shape index (κ1) is 19.6. The largest absolute Gasteiger partial charge is 0.494 e. The average molecular weight is 387 g/mol. The lowest BCUT2D eigenvalue weighted by Crippen LogP contribution is -2.15. The highest BCUT2D eigenvalue weighted by Crippen LogP contribution is 2.33. The van der Waals surface area contributed by atoms with E-state index in [0.717, 1.165) is 12.8 Å². The molecule has 3 rings (SSSR count). The molecule has 0 N–H and O–H groups in total. The van der Waals surface area contributed by atoms with Gasteiger partial charge < -0.3 is 18.9 Å². The quantitative estimate of drug-likeness (QED) is 0.292. The van der Waals surface area contributed by atoms with Crippen LogP contribution in [0.1, 0.15) is 41.3 Å². The van der Waals surface area contributed by atoms with E-state index in [1.54, 1.807) is 24.3 Å². The Bertz CT molecular complexity index is 848. The minimum absolute atomic E-state index is 0.0469. The second-order valence-corrected chi connectivity index (χ2v) is 6.26. The third kappa shape index (κ3) is 4.77. The number of fused-ring (bicyclic) bond motifs is 1. The van der Waals surface area contributed by atoms with Gasteiger partial charge in [-0.2, -0.15) is 0 Å². The van der Waals surface area contributed by atoms with Gasteiger partial charge >= 0.3 is 5.97 Å². The third-order valence-electron chi connectivity index (χ3n) is 4.20. The Labute approximate surface area is 162 Å². The van der Waals surface area contributed by atoms with E-state index in [2.05, 4.69) is 6.92 Å². The second kappa shape index (κ2) is 9.18. The lowest BCUT2D eigenvalue weighted by atomic mass is 10.1. The summed E-state index contributed by atoms with van der Waals surface area (Å²) < 4.78 is 21.5. The van der Waals surface area contributed by atoms with E-state index < -0.39 is 10.9 Å². The van der Waals surface area contributed by atoms with Crippen molar-refractivity contribution < 1.29 is 28.7 Å². The molecule has 0 spiro atoms. The van der Waals surface area contributed by atoms with Crippen molar-refractivity contribution in [3.63, 3.8) is 0 Å². The van der Waals surface area contributed by atoms with Crippen molar-refractivity contribution >= 4 is 11.7 Å². The molecule has 148 valence electrons. The fourth-order valence-corrected chi connectivity index (χ4v) is 2.74. The van der Waals surface area contributed by atoms with Gasteiger partial charge in [0.2, 0.25) is 0 Å². The maximum absolute atomic E-state index is 12.3. The molecule has 0 aromatic heterocycles. The Balaban J connectivity index is 1.67. The Morgan fingerprint density at radius 2 is 2.04 bits per heavy atom. The molecular formula is C20H21NO7. The lowest BCUT2D eigenvalue weighted by Gasteiger charge is -2.20. The number of nitro groups is 1. The molecule has 0 amide bonds. The molecular weight excluding hydrogens is 366 g/mol. The molecule has 0 fully saturated rings. The number of esters is 1. The number of rotatable bonds is 8. The average Bonchev–Trinajstić information content (AvgIpc) is 2.72. The van der Waals surface area contributed by atoms with E-state index in [-0.39, 0.29) is 25.7 Å². The fourth-order valence-electron chi connectivity index (χ4n) is 2.74. The van der Waals surface area contributed by atoms with Crippen molar-refractivity contribution in [3.8, 4) is 11.5 Å². The number of non-ortho nitro benzene ring substituents is 1. The number of carbonyl (C=O) groups is 1. The Morgan fingerprint density at radius 3 is 2.75 bits per heavy atom. The van der Waals surface area contributed by atoms with E-state index in [1.165, 1.54) is 12.1 Å². The SMILES string of the molecule is CCCCOc1ccc(C(=O)OCc2cc([N+](=O)[O-])cc3c2OCOC3)cc1. The van der Waals surface area contributed by atoms with Crippen LogP contribution in [-0.2, 0) is 22.7 Å². The summed E-state index contributed by atoms with van der Waals surface area (Å²) in [7, 11) is 0. The van der Waals surface area contributed by atoms with Gasteiger partial charge in [0, 0.05) is 23.3 Å². The van der Waals surface area contributed by atoms with E-state index in [9.17, 15) is 14.9 Å². The number of nitro benzene ring substituents is 1. The third-order valence-corrected chi connectivity index (χ3v) is 4.20. The normalized spacial score (nSPS) is 12.6. The zero-order valence-corrected chi connectivity index (χ0v) is 15.5. The predicted octanol–water partition coefficient (Wildman–Crippen LogP) is 4.00. The number of benzene rings is 2. The molecule has 0 bridgehead atoms. The van der Waals surface area contributed by atoms with Crippen LogP contribution in [0.5, 0.6) is 11.5 Å². The molecule has 28 heavy (non-hydrogen) atoms. The number of hydrogen-bond acceptors (Lipinski definition) is 7. The summed E-state index contributed by atoms with van der Waals surface area (Å²) in [5, 5.41) is 11.1. The van der Waals surface area contributed by atoms with Crippen molar-refractivity contribution in [2.45, 2.75) is 33.0 Å². The monoisotopic (exact) mass is 387 g/mol. The molecule has 0 radical (unpaired) electrons. The van der Waals surface area contributed by atoms with Gasteiger partial charge in [-0.1, -0.05) is 13.3 Å². The van der Waals surface area contributed by atoms with Crippen molar-refractivity contribution in [1.82, 2.24) is 0 Å². The van der Waals surface area contributed by atoms with Gasteiger partial charge in [0.25, 0.3) is 5.69 Å². The van der Waals surface area contributed by atoms with Crippen LogP contribution in [-0.4, -0.2) is 24.3 Å². The van der Waals surface area contributed by atoms with Crippen LogP contribution in [0, 0.1) is 10.1 Å². The molecule has 1 heterocycles. The van der Waals surface area contributed by atoms with Crippen molar-refractivity contribution in [1.29, 1.82) is 0 Å². The summed E-state index contributed by atoms with van der Waals surface area (Å²) >= 11 is 0. The van der Waals surface area contributed by atoms with Gasteiger partial charge in [-0.3, -0.25) is 10.1 Å². The number of nitrogens with zero attached hydrogens (tertiary/aromatic N) is 1. The van der Waals surface area contributed by atoms with Crippen LogP contribution in [0.2, 0.25) is 0 Å². The van der Waals surface area contributed by atoms with E-state index in [1.807, 2.05) is 0 Å². The van der Waals surface area contributed by atoms with Crippen LogP contribution in [0.15, 0.2) is 36.4 Å². The summed E-state index contributed by atoms with van der Waals surface area (Å²) in [6, 6.07) is 9.41. The molecule has 0 atom stereocenters. The van der Waals surface area contributed by atoms with Crippen LogP contribution < -0.4 is 9.47 Å². The molecule has 1 aliphatic heterocycles. The van der Waals surface area contributed by atoms with Crippen LogP contribution in [0.4, 0.5) is 5.69 Å². The van der Waals surface area contributed by atoms with Crippen LogP contribution in [0.25, 0.3) is 0 Å². The highest BCUT2D eigenvalue weighted by Gasteiger charge is 2.22. The van der Waals surface area contributed by atoms with Gasteiger partial charge in [0.15, 0.2) is 6.79 Å². The second-order valence-electron chi connectivity index (χ2n) is 6.26. The standard InChI is InChI=1S/C20H21NO7/c1-2-3-8-26-18-6-4-14(5-7-18)20(22)27-12-16-10-17(21(23)24)9-15-11-25-13-28-19(15)16/h4-7,9-10H,2-3,8,11-13H2,1H3. The van der Waals surface area contributed by atoms with Gasteiger partial charge in [-0.25, -0.2) is 4.79 Å². The van der Waals surface area contributed by atoms with Gasteiger partial charge in [0.05, 0.1) is 23.7 Å². The first-order chi connectivity index (χ1) is 13.6. The van der Waals surface area contributed by atoms with E-state index >= 15 is 0 Å². The Morgan fingerprint density at radius 1 is 1.25 bits per heavy atom. The molecule has 0 saturated carbocycles. The fraction of sp³-hybridized carbons (Fsp3) is 0.350. The summed E-state index contributed by atoms with van der Waals surface area (Å²) in [6.07, 6.45) is 2.01. The molecule has 2 aromatic carbocycles. The Kier molecular flexibility index (Phi) is 6.44. The highest BCUT2D eigenvalue weighted by atomic mass is 16.7. The molecule has 2 aromatic rings. The number of unbranched alkanes of at least 4 members (excludes halogenated alkanes) is 1. The molecule has 0 unspecified atom stereocenters. The number of carbonyl (C=O) groups excluding carboxylic acids is 1. The van der Waals surface area contributed by atoms with Crippen molar-refractivity contribution in [2.24, 2.45) is 0 Å². The molecule has 1 aliphatic rings. The maximum atomic E-state index is 12.3. The Hall–Kier alpha value is -3.13. The first-order valence-corrected chi connectivity index (χ1v) is 8.99. The van der Waals surface area contributed by atoms with Crippen molar-refractivity contribution in [2.75, 3.05) is 13.4 Å². The zero-order chi connectivity index (χ0) is 19.9. The predicted molar refractivity (Wildman–Crippen MR) is 99.3 cm³/mol. The van der Waals surface area contributed by atoms with Gasteiger partial charge in [-0.05, 0) is 30.7 Å². The summed E-state index contributed by atoms with van der Waals surface area (Å²) in [4.78, 5) is 22.9. The van der Waals surface area contributed by atoms with E-state index in [4.69, 9.17) is 18.9 Å². The summed E-state index contributed by atoms with van der Waals surface area (Å²) in [5.74, 6) is 0.614. The van der Waals surface area contributed by atoms with Crippen LogP contribution in [0.3, 0.4) is 0 Å². The minimum atomic E-state index is -0.535. The van der Waals surface area contributed by atoms with Gasteiger partial charge in [0.1, 0.15) is 18.1 Å². The highest BCUT2D eigenvalue weighted by molar-refractivity contribution is 5.89. The van der Waals surface area contributed by atoms with E-state index in [0.29, 0.717) is 34.8 Å². The lowest BCUT2D eigenvalue weighted by molar-refractivity contribution is -0.385. The topological polar surface area (TPSA) is 97.1 Å². The van der Waals surface area contributed by atoms with Crippen molar-refractivity contribution in [3.05, 3.63) is 63.2 Å². The summed E-state index contributed by atoms with van der Waals surface area (Å²) in [6.45, 7) is 2.82. The maximum Gasteiger partial charge on any atom is 0.338 e. The van der Waals surface area contributed by atoms with Crippen LogP contribution >= 0.6 is 0 Å². The zero-order valence-electron chi connectivity index (χ0n) is 15.5. The number of hydrogen-bond donors (Lipinski definition) is 0.